The zero-order valence-electron chi connectivity index (χ0n) is 15.9. The van der Waals surface area contributed by atoms with Crippen molar-refractivity contribution in [2.45, 2.75) is 37.3 Å². The quantitative estimate of drug-likeness (QED) is 0.833. The Balaban J connectivity index is 1.61. The summed E-state index contributed by atoms with van der Waals surface area (Å²) in [7, 11) is 0.644. The molecule has 2 saturated heterocycles. The van der Waals surface area contributed by atoms with Gasteiger partial charge in [0.2, 0.25) is 0 Å². The SMILES string of the molecule is COc1cccc(N2CCC(O)(CN(C)[C@@]3(C)CCS(=O)(=O)C3)CC2)c1. The molecule has 1 N–H and O–H groups in total. The smallest absolute Gasteiger partial charge is 0.152 e. The number of likely N-dealkylation sites (N-methyl/N-ethyl adjacent to an activating group) is 1. The molecule has 1 aromatic carbocycles. The predicted octanol–water partition coefficient (Wildman–Crippen LogP) is 1.54. The zero-order chi connectivity index (χ0) is 19.0. The molecule has 2 aliphatic rings. The van der Waals surface area contributed by atoms with Gasteiger partial charge in [0.15, 0.2) is 9.84 Å². The zero-order valence-corrected chi connectivity index (χ0v) is 16.8. The van der Waals surface area contributed by atoms with Crippen molar-refractivity contribution in [2.24, 2.45) is 0 Å². The Morgan fingerprint density at radius 3 is 2.54 bits per heavy atom. The van der Waals surface area contributed by atoms with E-state index in [4.69, 9.17) is 4.74 Å². The summed E-state index contributed by atoms with van der Waals surface area (Å²) in [6.45, 7) is 4.04. The largest absolute Gasteiger partial charge is 0.497 e. The molecule has 0 bridgehead atoms. The van der Waals surface area contributed by atoms with Gasteiger partial charge < -0.3 is 14.7 Å². The first kappa shape index (κ1) is 19.5. The van der Waals surface area contributed by atoms with Crippen LogP contribution in [0.25, 0.3) is 0 Å². The number of hydrogen-bond donors (Lipinski definition) is 1. The average molecular weight is 383 g/mol. The Hall–Kier alpha value is -1.31. The number of methoxy groups -OCH3 is 1. The normalized spacial score (nSPS) is 27.7. The van der Waals surface area contributed by atoms with Crippen LogP contribution in [0.5, 0.6) is 5.75 Å². The number of benzene rings is 1. The summed E-state index contributed by atoms with van der Waals surface area (Å²) in [4.78, 5) is 4.32. The van der Waals surface area contributed by atoms with Crippen molar-refractivity contribution in [3.63, 3.8) is 0 Å². The molecule has 146 valence electrons. The van der Waals surface area contributed by atoms with E-state index in [0.29, 0.717) is 25.8 Å². The second-order valence-electron chi connectivity index (χ2n) is 8.11. The Morgan fingerprint density at radius 2 is 1.96 bits per heavy atom. The molecule has 0 radical (unpaired) electrons. The highest BCUT2D eigenvalue weighted by Crippen LogP contribution is 2.33. The second-order valence-corrected chi connectivity index (χ2v) is 10.3. The molecule has 7 heteroatoms. The van der Waals surface area contributed by atoms with Crippen LogP contribution in [0.4, 0.5) is 5.69 Å². The van der Waals surface area contributed by atoms with E-state index in [1.54, 1.807) is 7.11 Å². The maximum absolute atomic E-state index is 11.9. The van der Waals surface area contributed by atoms with Crippen LogP contribution in [-0.4, -0.2) is 74.9 Å². The molecule has 2 fully saturated rings. The number of ether oxygens (including phenoxy) is 1. The van der Waals surface area contributed by atoms with E-state index in [9.17, 15) is 13.5 Å². The van der Waals surface area contributed by atoms with E-state index in [2.05, 4.69) is 15.9 Å². The predicted molar refractivity (Wildman–Crippen MR) is 104 cm³/mol. The Kier molecular flexibility index (Phi) is 5.25. The summed E-state index contributed by atoms with van der Waals surface area (Å²) in [5, 5.41) is 11.1. The molecule has 0 unspecified atom stereocenters. The number of sulfone groups is 1. The van der Waals surface area contributed by atoms with Crippen LogP contribution < -0.4 is 9.64 Å². The van der Waals surface area contributed by atoms with Crippen molar-refractivity contribution in [2.75, 3.05) is 50.2 Å². The van der Waals surface area contributed by atoms with Gasteiger partial charge in [-0.05, 0) is 45.4 Å². The molecule has 3 rings (SSSR count). The lowest BCUT2D eigenvalue weighted by Gasteiger charge is -2.44. The first-order chi connectivity index (χ1) is 12.1. The van der Waals surface area contributed by atoms with Crippen LogP contribution in [0.3, 0.4) is 0 Å². The van der Waals surface area contributed by atoms with Gasteiger partial charge in [0.05, 0.1) is 24.2 Å². The molecule has 0 spiro atoms. The van der Waals surface area contributed by atoms with E-state index in [0.717, 1.165) is 24.5 Å². The van der Waals surface area contributed by atoms with Crippen LogP contribution in [0.2, 0.25) is 0 Å². The molecule has 0 saturated carbocycles. The lowest BCUT2D eigenvalue weighted by molar-refractivity contribution is -0.0312. The van der Waals surface area contributed by atoms with Crippen LogP contribution in [-0.2, 0) is 9.84 Å². The highest BCUT2D eigenvalue weighted by Gasteiger charge is 2.44. The van der Waals surface area contributed by atoms with Gasteiger partial charge in [0.25, 0.3) is 0 Å². The number of piperidine rings is 1. The average Bonchev–Trinajstić information content (AvgIpc) is 2.90. The van der Waals surface area contributed by atoms with Gasteiger partial charge in [-0.2, -0.15) is 0 Å². The van der Waals surface area contributed by atoms with Crippen LogP contribution >= 0.6 is 0 Å². The summed E-state index contributed by atoms with van der Waals surface area (Å²) < 4.78 is 29.0. The number of anilines is 1. The highest BCUT2D eigenvalue weighted by atomic mass is 32.2. The number of nitrogens with zero attached hydrogens (tertiary/aromatic N) is 2. The molecule has 0 aromatic heterocycles. The topological polar surface area (TPSA) is 70.1 Å². The Labute approximate surface area is 156 Å². The number of rotatable bonds is 5. The van der Waals surface area contributed by atoms with E-state index in [1.165, 1.54) is 0 Å². The summed E-state index contributed by atoms with van der Waals surface area (Å²) in [5.41, 5.74) is -0.0496. The minimum Gasteiger partial charge on any atom is -0.497 e. The molecule has 26 heavy (non-hydrogen) atoms. The lowest BCUT2D eigenvalue weighted by Crippen LogP contribution is -2.55. The summed E-state index contributed by atoms with van der Waals surface area (Å²) in [6.07, 6.45) is 1.96. The third-order valence-electron chi connectivity index (χ3n) is 6.05. The van der Waals surface area contributed by atoms with Gasteiger partial charge in [-0.3, -0.25) is 4.90 Å². The van der Waals surface area contributed by atoms with E-state index < -0.39 is 15.4 Å². The Morgan fingerprint density at radius 1 is 1.27 bits per heavy atom. The summed E-state index contributed by atoms with van der Waals surface area (Å²) >= 11 is 0. The molecule has 0 amide bonds. The maximum atomic E-state index is 11.9. The fourth-order valence-corrected chi connectivity index (χ4v) is 6.28. The minimum atomic E-state index is -2.95. The Bertz CT molecular complexity index is 744. The minimum absolute atomic E-state index is 0.183. The van der Waals surface area contributed by atoms with Gasteiger partial charge in [0.1, 0.15) is 5.75 Å². The number of hydrogen-bond acceptors (Lipinski definition) is 6. The van der Waals surface area contributed by atoms with Crippen molar-refractivity contribution in [3.8, 4) is 5.75 Å². The van der Waals surface area contributed by atoms with Gasteiger partial charge in [0, 0.05) is 36.9 Å². The second kappa shape index (κ2) is 7.02. The fourth-order valence-electron chi connectivity index (χ4n) is 4.07. The third kappa shape index (κ3) is 4.15. The van der Waals surface area contributed by atoms with Crippen molar-refractivity contribution < 1.29 is 18.3 Å². The van der Waals surface area contributed by atoms with Crippen molar-refractivity contribution >= 4 is 15.5 Å². The standard InChI is InChI=1S/C19H30N2O4S/c1-18(9-12-26(23,24)15-18)20(2)14-19(22)7-10-21(11-8-19)16-5-4-6-17(13-16)25-3/h4-6,13,22H,7-12,14-15H2,1-3H3/t18-/m0/s1. The van der Waals surface area contributed by atoms with Gasteiger partial charge in [-0.25, -0.2) is 8.42 Å². The molecule has 6 nitrogen and oxygen atoms in total. The molecule has 1 atom stereocenters. The molecule has 2 aliphatic heterocycles. The monoisotopic (exact) mass is 382 g/mol. The fraction of sp³-hybridized carbons (Fsp3) is 0.684. The van der Waals surface area contributed by atoms with Gasteiger partial charge in [-0.15, -0.1) is 0 Å². The summed E-state index contributed by atoms with van der Waals surface area (Å²) in [5.74, 6) is 1.26. The van der Waals surface area contributed by atoms with Crippen LogP contribution in [0.1, 0.15) is 26.2 Å². The van der Waals surface area contributed by atoms with E-state index >= 15 is 0 Å². The van der Waals surface area contributed by atoms with Crippen molar-refractivity contribution in [3.05, 3.63) is 24.3 Å². The van der Waals surface area contributed by atoms with E-state index in [-0.39, 0.29) is 17.0 Å². The number of β-amino-alcohol motifs (C(OH)–C–C–N with tert-alkyl or cyclic N) is 1. The van der Waals surface area contributed by atoms with Gasteiger partial charge in [-0.1, -0.05) is 6.07 Å². The maximum Gasteiger partial charge on any atom is 0.152 e. The molecular formula is C19H30N2O4S. The molecule has 1 aromatic rings. The first-order valence-corrected chi connectivity index (χ1v) is 11.0. The highest BCUT2D eigenvalue weighted by molar-refractivity contribution is 7.91. The molecular weight excluding hydrogens is 352 g/mol. The molecule has 2 heterocycles. The van der Waals surface area contributed by atoms with E-state index in [1.807, 2.05) is 32.2 Å². The van der Waals surface area contributed by atoms with Crippen molar-refractivity contribution in [1.82, 2.24) is 4.90 Å². The van der Waals surface area contributed by atoms with Crippen molar-refractivity contribution in [1.29, 1.82) is 0 Å². The lowest BCUT2D eigenvalue weighted by atomic mass is 9.88. The number of aliphatic hydroxyl groups is 1. The molecule has 0 aliphatic carbocycles. The third-order valence-corrected chi connectivity index (χ3v) is 7.94. The summed E-state index contributed by atoms with van der Waals surface area (Å²) in [6, 6.07) is 7.98. The van der Waals surface area contributed by atoms with Gasteiger partial charge >= 0.3 is 0 Å². The van der Waals surface area contributed by atoms with Crippen LogP contribution in [0.15, 0.2) is 24.3 Å². The van der Waals surface area contributed by atoms with Crippen LogP contribution in [0, 0.1) is 0 Å². The first-order valence-electron chi connectivity index (χ1n) is 9.18.